The van der Waals surface area contributed by atoms with E-state index in [1.54, 1.807) is 0 Å². The zero-order valence-corrected chi connectivity index (χ0v) is 10.5. The van der Waals surface area contributed by atoms with Gasteiger partial charge in [0.05, 0.1) is 11.3 Å². The molecule has 0 saturated heterocycles. The zero-order valence-electron chi connectivity index (χ0n) is 10.5. The molecule has 0 aliphatic rings. The lowest BCUT2D eigenvalue weighted by molar-refractivity contribution is 0.0362. The molecule has 1 rings (SSSR count). The summed E-state index contributed by atoms with van der Waals surface area (Å²) in [5.74, 6) is -2.92. The second-order valence-electron chi connectivity index (χ2n) is 4.80. The van der Waals surface area contributed by atoms with Gasteiger partial charge in [-0.3, -0.25) is 4.79 Å². The Balaban J connectivity index is 3.08. The minimum atomic E-state index is -1.16. The second kappa shape index (κ2) is 4.89. The molecule has 0 radical (unpaired) electrons. The van der Waals surface area contributed by atoms with Crippen molar-refractivity contribution >= 4 is 11.6 Å². The lowest BCUT2D eigenvalue weighted by Gasteiger charge is -2.25. The Morgan fingerprint density at radius 2 is 2.00 bits per heavy atom. The highest BCUT2D eigenvalue weighted by molar-refractivity contribution is 5.95. The normalized spacial score (nSPS) is 11.4. The van der Waals surface area contributed by atoms with E-state index >= 15 is 0 Å². The molecule has 18 heavy (non-hydrogen) atoms. The molecule has 0 saturated carbocycles. The van der Waals surface area contributed by atoms with Crippen molar-refractivity contribution in [1.29, 1.82) is 0 Å². The van der Waals surface area contributed by atoms with E-state index in [0.717, 1.165) is 17.0 Å². The molecule has 1 amide bonds. The fourth-order valence-electron chi connectivity index (χ4n) is 1.61. The van der Waals surface area contributed by atoms with Crippen LogP contribution in [-0.4, -0.2) is 35.1 Å². The lowest BCUT2D eigenvalue weighted by Crippen LogP contribution is -2.40. The summed E-state index contributed by atoms with van der Waals surface area (Å²) in [7, 11) is 1.35. The highest BCUT2D eigenvalue weighted by Gasteiger charge is 2.26. The molecule has 0 bridgehead atoms. The molecule has 3 N–H and O–H groups in total. The maximum absolute atomic E-state index is 13.6. The van der Waals surface area contributed by atoms with Crippen molar-refractivity contribution in [2.45, 2.75) is 19.4 Å². The number of rotatable bonds is 3. The molecule has 0 heterocycles. The number of carbonyl (C=O) groups excluding carboxylic acids is 1. The van der Waals surface area contributed by atoms with Crippen molar-refractivity contribution in [2.75, 3.05) is 19.3 Å². The van der Waals surface area contributed by atoms with Crippen molar-refractivity contribution in [3.8, 4) is 0 Å². The van der Waals surface area contributed by atoms with Gasteiger partial charge >= 0.3 is 0 Å². The number of amides is 1. The third kappa shape index (κ3) is 3.16. The predicted octanol–water partition coefficient (Wildman–Crippen LogP) is 1.39. The molecule has 1 aromatic carbocycles. The Kier molecular flexibility index (Phi) is 3.91. The summed E-state index contributed by atoms with van der Waals surface area (Å²) in [5.41, 5.74) is 3.14. The third-order valence-corrected chi connectivity index (χ3v) is 2.31. The van der Waals surface area contributed by atoms with Gasteiger partial charge in [-0.25, -0.2) is 8.78 Å². The van der Waals surface area contributed by atoms with Crippen LogP contribution in [0.5, 0.6) is 0 Å². The summed E-state index contributed by atoms with van der Waals surface area (Å²) < 4.78 is 27.1. The molecule has 0 atom stereocenters. The van der Waals surface area contributed by atoms with Crippen molar-refractivity contribution in [3.05, 3.63) is 29.3 Å². The summed E-state index contributed by atoms with van der Waals surface area (Å²) in [6, 6.07) is 1.99. The summed E-state index contributed by atoms with van der Waals surface area (Å²) in [5, 5.41) is 9.57. The Hall–Kier alpha value is -1.69. The largest absolute Gasteiger partial charge is 0.396 e. The molecule has 0 aliphatic carbocycles. The maximum atomic E-state index is 13.6. The molecular weight excluding hydrogens is 242 g/mol. The molecule has 1 aromatic rings. The van der Waals surface area contributed by atoms with Crippen LogP contribution in [0.2, 0.25) is 0 Å². The molecule has 6 heteroatoms. The van der Waals surface area contributed by atoms with Gasteiger partial charge in [0.25, 0.3) is 5.91 Å². The first-order chi connectivity index (χ1) is 8.13. The molecule has 4 nitrogen and oxygen atoms in total. The van der Waals surface area contributed by atoms with Gasteiger partial charge in [-0.15, -0.1) is 0 Å². The Bertz CT molecular complexity index is 470. The van der Waals surface area contributed by atoms with E-state index < -0.39 is 28.7 Å². The van der Waals surface area contributed by atoms with E-state index in [-0.39, 0.29) is 12.2 Å². The lowest BCUT2D eigenvalue weighted by atomic mass is 10.1. The Labute approximate surface area is 104 Å². The van der Waals surface area contributed by atoms with Crippen LogP contribution in [-0.2, 0) is 0 Å². The summed E-state index contributed by atoms with van der Waals surface area (Å²) in [4.78, 5) is 12.9. The first-order valence-corrected chi connectivity index (χ1v) is 5.35. The van der Waals surface area contributed by atoms with Gasteiger partial charge in [0, 0.05) is 13.6 Å². The second-order valence-corrected chi connectivity index (χ2v) is 4.80. The number of likely N-dealkylation sites (N-methyl/N-ethyl adjacent to an activating group) is 1. The topological polar surface area (TPSA) is 66.6 Å². The van der Waals surface area contributed by atoms with E-state index in [9.17, 15) is 18.7 Å². The number of hydrogen-bond acceptors (Lipinski definition) is 3. The van der Waals surface area contributed by atoms with Crippen molar-refractivity contribution in [2.24, 2.45) is 0 Å². The van der Waals surface area contributed by atoms with Crippen molar-refractivity contribution in [1.82, 2.24) is 4.90 Å². The number of anilines is 1. The van der Waals surface area contributed by atoms with Crippen LogP contribution in [0.1, 0.15) is 24.2 Å². The maximum Gasteiger partial charge on any atom is 0.259 e. The van der Waals surface area contributed by atoms with Gasteiger partial charge in [0.2, 0.25) is 0 Å². The minimum Gasteiger partial charge on any atom is -0.396 e. The molecule has 0 spiro atoms. The average Bonchev–Trinajstić information content (AvgIpc) is 2.21. The van der Waals surface area contributed by atoms with Crippen LogP contribution in [0.3, 0.4) is 0 Å². The van der Waals surface area contributed by atoms with E-state index in [0.29, 0.717) is 0 Å². The van der Waals surface area contributed by atoms with E-state index in [1.165, 1.54) is 20.9 Å². The average molecular weight is 258 g/mol. The fourth-order valence-corrected chi connectivity index (χ4v) is 1.61. The van der Waals surface area contributed by atoms with Crippen molar-refractivity contribution < 1.29 is 18.7 Å². The summed E-state index contributed by atoms with van der Waals surface area (Å²) >= 11 is 0. The monoisotopic (exact) mass is 258 g/mol. The van der Waals surface area contributed by atoms with Crippen LogP contribution in [0, 0.1) is 11.6 Å². The standard InChI is InChI=1S/C12H16F2N2O2/c1-12(2,18)6-16(3)11(17)9-7(13)4-5-8(15)10(9)14/h4-5,18H,6,15H2,1-3H3. The van der Waals surface area contributed by atoms with Crippen LogP contribution in [0.15, 0.2) is 12.1 Å². The van der Waals surface area contributed by atoms with Crippen LogP contribution in [0.4, 0.5) is 14.5 Å². The number of benzene rings is 1. The molecule has 0 aromatic heterocycles. The van der Waals surface area contributed by atoms with Crippen LogP contribution in [0.25, 0.3) is 0 Å². The van der Waals surface area contributed by atoms with E-state index in [1.807, 2.05) is 0 Å². The number of aliphatic hydroxyl groups is 1. The third-order valence-electron chi connectivity index (χ3n) is 2.31. The molecular formula is C12H16F2N2O2. The summed E-state index contributed by atoms with van der Waals surface area (Å²) in [6.45, 7) is 2.92. The van der Waals surface area contributed by atoms with Crippen LogP contribution < -0.4 is 5.73 Å². The minimum absolute atomic E-state index is 0.0560. The highest BCUT2D eigenvalue weighted by atomic mass is 19.1. The quantitative estimate of drug-likeness (QED) is 0.805. The van der Waals surface area contributed by atoms with Gasteiger partial charge in [-0.2, -0.15) is 0 Å². The predicted molar refractivity (Wildman–Crippen MR) is 64.0 cm³/mol. The highest BCUT2D eigenvalue weighted by Crippen LogP contribution is 2.20. The number of nitrogen functional groups attached to an aromatic ring is 1. The first kappa shape index (κ1) is 14.4. The Morgan fingerprint density at radius 3 is 2.50 bits per heavy atom. The van der Waals surface area contributed by atoms with Crippen molar-refractivity contribution in [3.63, 3.8) is 0 Å². The van der Waals surface area contributed by atoms with E-state index in [4.69, 9.17) is 5.73 Å². The summed E-state index contributed by atoms with van der Waals surface area (Å²) in [6.07, 6.45) is 0. The fraction of sp³-hybridized carbons (Fsp3) is 0.417. The molecule has 0 unspecified atom stereocenters. The van der Waals surface area contributed by atoms with Gasteiger partial charge in [0.15, 0.2) is 5.82 Å². The van der Waals surface area contributed by atoms with Crippen LogP contribution >= 0.6 is 0 Å². The van der Waals surface area contributed by atoms with Gasteiger partial charge in [0.1, 0.15) is 11.4 Å². The van der Waals surface area contributed by atoms with E-state index in [2.05, 4.69) is 0 Å². The van der Waals surface area contributed by atoms with Gasteiger partial charge in [-0.1, -0.05) is 0 Å². The van der Waals surface area contributed by atoms with Gasteiger partial charge in [-0.05, 0) is 26.0 Å². The Morgan fingerprint density at radius 1 is 1.44 bits per heavy atom. The molecule has 100 valence electrons. The first-order valence-electron chi connectivity index (χ1n) is 5.35. The number of carbonyl (C=O) groups is 1. The number of hydrogen-bond donors (Lipinski definition) is 2. The zero-order chi connectivity index (χ0) is 14.1. The SMILES string of the molecule is CN(CC(C)(C)O)C(=O)c1c(F)ccc(N)c1F. The number of nitrogens with two attached hydrogens (primary N) is 1. The van der Waals surface area contributed by atoms with Gasteiger partial charge < -0.3 is 15.7 Å². The number of nitrogens with zero attached hydrogens (tertiary/aromatic N) is 1. The smallest absolute Gasteiger partial charge is 0.259 e. The molecule has 0 fully saturated rings. The molecule has 0 aliphatic heterocycles. The number of halogens is 2.